The quantitative estimate of drug-likeness (QED) is 0.508. The molecular formula is C9H16O. The van der Waals surface area contributed by atoms with Crippen LogP contribution in [-0.2, 0) is 4.74 Å². The van der Waals surface area contributed by atoms with Gasteiger partial charge in [0.2, 0.25) is 0 Å². The second kappa shape index (κ2) is 2.75. The highest BCUT2D eigenvalue weighted by Gasteiger charge is 2.25. The summed E-state index contributed by atoms with van der Waals surface area (Å²) in [6, 6.07) is 0. The molecule has 0 radical (unpaired) electrons. The lowest BCUT2D eigenvalue weighted by Gasteiger charge is -2.33. The molecule has 1 saturated heterocycles. The van der Waals surface area contributed by atoms with E-state index >= 15 is 0 Å². The predicted octanol–water partition coefficient (Wildman–Crippen LogP) is 2.38. The topological polar surface area (TPSA) is 9.23 Å². The lowest BCUT2D eigenvalue weighted by molar-refractivity contribution is -0.0249. The van der Waals surface area contributed by atoms with E-state index in [-0.39, 0.29) is 0 Å². The highest BCUT2D eigenvalue weighted by Crippen LogP contribution is 2.29. The molecule has 1 atom stereocenters. The van der Waals surface area contributed by atoms with Crippen LogP contribution in [0, 0.1) is 5.41 Å². The van der Waals surface area contributed by atoms with E-state index < -0.39 is 0 Å². The molecule has 0 bridgehead atoms. The average Bonchev–Trinajstić information content (AvgIpc) is 1.88. The van der Waals surface area contributed by atoms with Crippen molar-refractivity contribution >= 4 is 0 Å². The van der Waals surface area contributed by atoms with Crippen LogP contribution in [0.3, 0.4) is 0 Å². The fourth-order valence-electron chi connectivity index (χ4n) is 1.21. The van der Waals surface area contributed by atoms with Crippen LogP contribution < -0.4 is 0 Å². The minimum Gasteiger partial charge on any atom is -0.374 e. The van der Waals surface area contributed by atoms with Crippen molar-refractivity contribution in [1.29, 1.82) is 0 Å². The molecule has 1 unspecified atom stereocenters. The Morgan fingerprint density at radius 2 is 2.30 bits per heavy atom. The van der Waals surface area contributed by atoms with E-state index in [0.717, 1.165) is 13.0 Å². The highest BCUT2D eigenvalue weighted by molar-refractivity contribution is 4.86. The van der Waals surface area contributed by atoms with Crippen LogP contribution in [0.4, 0.5) is 0 Å². The molecule has 0 aromatic carbocycles. The number of hydrogen-bond donors (Lipinski definition) is 0. The second-order valence-corrected chi connectivity index (χ2v) is 3.79. The fraction of sp³-hybridized carbons (Fsp3) is 0.778. The van der Waals surface area contributed by atoms with Gasteiger partial charge in [-0.2, -0.15) is 0 Å². The summed E-state index contributed by atoms with van der Waals surface area (Å²) in [6.45, 7) is 9.07. The Morgan fingerprint density at radius 3 is 2.70 bits per heavy atom. The summed E-state index contributed by atoms with van der Waals surface area (Å²) in [6.07, 6.45) is 4.60. The monoisotopic (exact) mass is 140 g/mol. The number of rotatable bonds is 1. The molecule has 0 aromatic heterocycles. The maximum Gasteiger partial charge on any atom is 0.0753 e. The third kappa shape index (κ3) is 1.84. The Kier molecular flexibility index (Phi) is 2.14. The van der Waals surface area contributed by atoms with E-state index in [1.807, 2.05) is 6.08 Å². The third-order valence-corrected chi connectivity index (χ3v) is 2.06. The summed E-state index contributed by atoms with van der Waals surface area (Å²) in [5, 5.41) is 0. The Morgan fingerprint density at radius 1 is 1.60 bits per heavy atom. The Labute approximate surface area is 63.1 Å². The molecule has 0 N–H and O–H groups in total. The molecule has 1 fully saturated rings. The van der Waals surface area contributed by atoms with Crippen LogP contribution in [-0.4, -0.2) is 12.7 Å². The predicted molar refractivity (Wildman–Crippen MR) is 43.0 cm³/mol. The van der Waals surface area contributed by atoms with E-state index in [2.05, 4.69) is 20.4 Å². The van der Waals surface area contributed by atoms with Gasteiger partial charge in [-0.1, -0.05) is 19.9 Å². The van der Waals surface area contributed by atoms with Gasteiger partial charge in [0.25, 0.3) is 0 Å². The minimum absolute atomic E-state index is 0.313. The second-order valence-electron chi connectivity index (χ2n) is 3.79. The largest absolute Gasteiger partial charge is 0.374 e. The third-order valence-electron chi connectivity index (χ3n) is 2.06. The zero-order valence-electron chi connectivity index (χ0n) is 6.89. The molecule has 1 aliphatic heterocycles. The zero-order valence-corrected chi connectivity index (χ0v) is 6.89. The smallest absolute Gasteiger partial charge is 0.0753 e. The standard InChI is InChI=1S/C9H16O/c1-4-8-5-6-9(2,3)7-10-8/h4,8H,1,5-7H2,2-3H3. The van der Waals surface area contributed by atoms with E-state index in [9.17, 15) is 0 Å². The van der Waals surface area contributed by atoms with Gasteiger partial charge in [-0.25, -0.2) is 0 Å². The van der Waals surface area contributed by atoms with Crippen molar-refractivity contribution in [3.05, 3.63) is 12.7 Å². The first-order valence-electron chi connectivity index (χ1n) is 3.88. The molecule has 1 rings (SSSR count). The summed E-state index contributed by atoms with van der Waals surface area (Å²) in [5.74, 6) is 0. The van der Waals surface area contributed by atoms with E-state index in [1.54, 1.807) is 0 Å². The molecule has 0 aromatic rings. The maximum absolute atomic E-state index is 5.52. The van der Waals surface area contributed by atoms with Gasteiger partial charge in [0.05, 0.1) is 12.7 Å². The van der Waals surface area contributed by atoms with Crippen LogP contribution in [0.25, 0.3) is 0 Å². The molecule has 58 valence electrons. The van der Waals surface area contributed by atoms with Gasteiger partial charge in [-0.05, 0) is 18.3 Å². The first-order chi connectivity index (χ1) is 4.64. The zero-order chi connectivity index (χ0) is 7.61. The van der Waals surface area contributed by atoms with Gasteiger partial charge in [-0.15, -0.1) is 6.58 Å². The Hall–Kier alpha value is -0.300. The van der Waals surface area contributed by atoms with Crippen molar-refractivity contribution in [3.8, 4) is 0 Å². The minimum atomic E-state index is 0.313. The lowest BCUT2D eigenvalue weighted by atomic mass is 9.85. The van der Waals surface area contributed by atoms with E-state index in [4.69, 9.17) is 4.74 Å². The average molecular weight is 140 g/mol. The van der Waals surface area contributed by atoms with Crippen molar-refractivity contribution < 1.29 is 4.74 Å². The van der Waals surface area contributed by atoms with Crippen molar-refractivity contribution in [2.45, 2.75) is 32.8 Å². The van der Waals surface area contributed by atoms with Gasteiger partial charge in [0.15, 0.2) is 0 Å². The Balaban J connectivity index is 2.38. The molecule has 1 aliphatic rings. The molecule has 0 amide bonds. The number of hydrogen-bond acceptors (Lipinski definition) is 1. The van der Waals surface area contributed by atoms with E-state index in [0.29, 0.717) is 11.5 Å². The highest BCUT2D eigenvalue weighted by atomic mass is 16.5. The summed E-state index contributed by atoms with van der Waals surface area (Å²) in [5.41, 5.74) is 0.388. The lowest BCUT2D eigenvalue weighted by Crippen LogP contribution is -2.30. The molecule has 0 spiro atoms. The molecular weight excluding hydrogens is 124 g/mol. The summed E-state index contributed by atoms with van der Waals surface area (Å²) in [7, 11) is 0. The normalized spacial score (nSPS) is 31.6. The molecule has 0 aliphatic carbocycles. The summed E-state index contributed by atoms with van der Waals surface area (Å²) in [4.78, 5) is 0. The summed E-state index contributed by atoms with van der Waals surface area (Å²) >= 11 is 0. The van der Waals surface area contributed by atoms with Gasteiger partial charge < -0.3 is 4.74 Å². The van der Waals surface area contributed by atoms with Crippen LogP contribution in [0.15, 0.2) is 12.7 Å². The Bertz CT molecular complexity index is 117. The van der Waals surface area contributed by atoms with Crippen LogP contribution in [0.1, 0.15) is 26.7 Å². The molecule has 10 heavy (non-hydrogen) atoms. The van der Waals surface area contributed by atoms with Crippen LogP contribution in [0.2, 0.25) is 0 Å². The molecule has 0 saturated carbocycles. The maximum atomic E-state index is 5.52. The molecule has 1 heteroatoms. The van der Waals surface area contributed by atoms with Crippen molar-refractivity contribution in [1.82, 2.24) is 0 Å². The van der Waals surface area contributed by atoms with Crippen molar-refractivity contribution in [3.63, 3.8) is 0 Å². The van der Waals surface area contributed by atoms with Crippen molar-refractivity contribution in [2.24, 2.45) is 5.41 Å². The first-order valence-corrected chi connectivity index (χ1v) is 3.88. The molecule has 1 heterocycles. The van der Waals surface area contributed by atoms with Crippen LogP contribution in [0.5, 0.6) is 0 Å². The first kappa shape index (κ1) is 7.80. The molecule has 1 nitrogen and oxygen atoms in total. The van der Waals surface area contributed by atoms with Gasteiger partial charge in [-0.3, -0.25) is 0 Å². The van der Waals surface area contributed by atoms with E-state index in [1.165, 1.54) is 6.42 Å². The van der Waals surface area contributed by atoms with Gasteiger partial charge >= 0.3 is 0 Å². The fourth-order valence-corrected chi connectivity index (χ4v) is 1.21. The number of ether oxygens (including phenoxy) is 1. The van der Waals surface area contributed by atoms with Crippen LogP contribution >= 0.6 is 0 Å². The summed E-state index contributed by atoms with van der Waals surface area (Å²) < 4.78 is 5.52. The van der Waals surface area contributed by atoms with Crippen molar-refractivity contribution in [2.75, 3.05) is 6.61 Å². The van der Waals surface area contributed by atoms with Gasteiger partial charge in [0, 0.05) is 0 Å². The van der Waals surface area contributed by atoms with Gasteiger partial charge in [0.1, 0.15) is 0 Å². The SMILES string of the molecule is C=CC1CCC(C)(C)CO1.